The van der Waals surface area contributed by atoms with Crippen LogP contribution in [0.4, 0.5) is 5.69 Å². The fraction of sp³-hybridized carbons (Fsp3) is 0.538. The predicted octanol–water partition coefficient (Wildman–Crippen LogP) is 3.59. The molecule has 0 aliphatic carbocycles. The first-order chi connectivity index (χ1) is 7.47. The summed E-state index contributed by atoms with van der Waals surface area (Å²) in [5, 5.41) is 0.776. The lowest BCUT2D eigenvalue weighted by Gasteiger charge is -2.27. The van der Waals surface area contributed by atoms with Crippen molar-refractivity contribution in [3.63, 3.8) is 0 Å². The number of nitrogens with two attached hydrogens (primary N) is 1. The van der Waals surface area contributed by atoms with E-state index in [1.807, 2.05) is 25.1 Å². The summed E-state index contributed by atoms with van der Waals surface area (Å²) >= 11 is 6.27. The number of halogens is 1. The molecule has 0 spiro atoms. The molecule has 0 radical (unpaired) electrons. The maximum Gasteiger partial charge on any atom is 0.0642 e. The van der Waals surface area contributed by atoms with Crippen LogP contribution in [0, 0.1) is 0 Å². The number of hydrogen-bond acceptors (Lipinski definition) is 2. The normalized spacial score (nSPS) is 14.6. The van der Waals surface area contributed by atoms with E-state index < -0.39 is 0 Å². The van der Waals surface area contributed by atoms with E-state index in [0.29, 0.717) is 6.04 Å². The highest BCUT2D eigenvalue weighted by Gasteiger charge is 2.12. The summed E-state index contributed by atoms with van der Waals surface area (Å²) in [6.07, 6.45) is 1.10. The third kappa shape index (κ3) is 2.89. The highest BCUT2D eigenvalue weighted by Crippen LogP contribution is 2.29. The molecule has 0 aromatic heterocycles. The van der Waals surface area contributed by atoms with E-state index in [-0.39, 0.29) is 6.04 Å². The van der Waals surface area contributed by atoms with E-state index in [9.17, 15) is 0 Å². The van der Waals surface area contributed by atoms with Crippen LogP contribution in [0.25, 0.3) is 0 Å². The molecule has 0 aliphatic rings. The van der Waals surface area contributed by atoms with E-state index in [0.717, 1.165) is 22.7 Å². The van der Waals surface area contributed by atoms with Crippen LogP contribution in [0.15, 0.2) is 18.2 Å². The predicted molar refractivity (Wildman–Crippen MR) is 72.2 cm³/mol. The summed E-state index contributed by atoms with van der Waals surface area (Å²) in [6.45, 7) is 6.32. The van der Waals surface area contributed by atoms with Crippen LogP contribution in [0.5, 0.6) is 0 Å². The molecule has 90 valence electrons. The minimum absolute atomic E-state index is 0.0282. The Labute approximate surface area is 103 Å². The van der Waals surface area contributed by atoms with E-state index in [4.69, 9.17) is 17.3 Å². The van der Waals surface area contributed by atoms with Gasteiger partial charge in [0.15, 0.2) is 0 Å². The van der Waals surface area contributed by atoms with Gasteiger partial charge in [0.25, 0.3) is 0 Å². The second-order valence-electron chi connectivity index (χ2n) is 4.37. The molecule has 0 bridgehead atoms. The molecule has 1 unspecified atom stereocenters. The van der Waals surface area contributed by atoms with Crippen molar-refractivity contribution in [2.45, 2.75) is 39.3 Å². The number of hydrogen-bond donors (Lipinski definition) is 1. The molecule has 3 heteroatoms. The van der Waals surface area contributed by atoms with Crippen molar-refractivity contribution in [3.8, 4) is 0 Å². The average Bonchev–Trinajstić information content (AvgIpc) is 2.26. The fourth-order valence-corrected chi connectivity index (χ4v) is 1.93. The van der Waals surface area contributed by atoms with Gasteiger partial charge in [0, 0.05) is 19.1 Å². The molecule has 16 heavy (non-hydrogen) atoms. The molecule has 0 heterocycles. The minimum atomic E-state index is 0.0282. The molecule has 2 N–H and O–H groups in total. The van der Waals surface area contributed by atoms with E-state index in [1.54, 1.807) is 0 Å². The first kappa shape index (κ1) is 13.3. The lowest BCUT2D eigenvalue weighted by atomic mass is 10.1. The molecule has 2 nitrogen and oxygen atoms in total. The Morgan fingerprint density at radius 1 is 1.38 bits per heavy atom. The fourth-order valence-electron chi connectivity index (χ4n) is 1.60. The Balaban J connectivity index is 2.99. The van der Waals surface area contributed by atoms with Crippen LogP contribution in [0.2, 0.25) is 5.02 Å². The van der Waals surface area contributed by atoms with Crippen LogP contribution < -0.4 is 10.6 Å². The maximum absolute atomic E-state index is 6.27. The molecule has 0 saturated heterocycles. The molecule has 1 aromatic carbocycles. The van der Waals surface area contributed by atoms with Gasteiger partial charge in [0.2, 0.25) is 0 Å². The number of nitrogens with zero attached hydrogens (tertiary/aromatic N) is 1. The van der Waals surface area contributed by atoms with Crippen molar-refractivity contribution in [1.82, 2.24) is 0 Å². The van der Waals surface area contributed by atoms with Gasteiger partial charge in [-0.2, -0.15) is 0 Å². The zero-order valence-electron chi connectivity index (χ0n) is 10.5. The van der Waals surface area contributed by atoms with Crippen molar-refractivity contribution in [3.05, 3.63) is 28.8 Å². The second-order valence-corrected chi connectivity index (χ2v) is 4.77. The lowest BCUT2D eigenvalue weighted by Crippen LogP contribution is -2.28. The quantitative estimate of drug-likeness (QED) is 0.872. The first-order valence-corrected chi connectivity index (χ1v) is 6.13. The largest absolute Gasteiger partial charge is 0.371 e. The number of rotatable bonds is 4. The van der Waals surface area contributed by atoms with Crippen LogP contribution in [0.3, 0.4) is 0 Å². The monoisotopic (exact) mass is 240 g/mol. The molecule has 0 aliphatic heterocycles. The summed E-state index contributed by atoms with van der Waals surface area (Å²) in [5.41, 5.74) is 7.97. The van der Waals surface area contributed by atoms with Gasteiger partial charge < -0.3 is 10.6 Å². The Bertz CT molecular complexity index is 350. The first-order valence-electron chi connectivity index (χ1n) is 5.75. The van der Waals surface area contributed by atoms with E-state index in [1.165, 1.54) is 0 Å². The van der Waals surface area contributed by atoms with Crippen LogP contribution in [0.1, 0.15) is 38.8 Å². The zero-order chi connectivity index (χ0) is 12.3. The van der Waals surface area contributed by atoms with Gasteiger partial charge in [-0.1, -0.05) is 24.6 Å². The second kappa shape index (κ2) is 5.55. The van der Waals surface area contributed by atoms with Crippen LogP contribution in [-0.4, -0.2) is 13.1 Å². The van der Waals surface area contributed by atoms with Gasteiger partial charge in [0.1, 0.15) is 0 Å². The summed E-state index contributed by atoms with van der Waals surface area (Å²) in [7, 11) is 2.07. The SMILES string of the molecule is CCC(C)N(C)c1ccc([C@@H](C)N)cc1Cl. The third-order valence-corrected chi connectivity index (χ3v) is 3.43. The summed E-state index contributed by atoms with van der Waals surface area (Å²) in [5.74, 6) is 0. The Kier molecular flexibility index (Phi) is 4.63. The molecule has 1 rings (SSSR count). The van der Waals surface area contributed by atoms with Gasteiger partial charge in [-0.05, 0) is 38.0 Å². The molecular weight excluding hydrogens is 220 g/mol. The van der Waals surface area contributed by atoms with Crippen molar-refractivity contribution >= 4 is 17.3 Å². The van der Waals surface area contributed by atoms with Crippen molar-refractivity contribution in [2.24, 2.45) is 5.73 Å². The van der Waals surface area contributed by atoms with Gasteiger partial charge in [-0.3, -0.25) is 0 Å². The highest BCUT2D eigenvalue weighted by atomic mass is 35.5. The van der Waals surface area contributed by atoms with Crippen LogP contribution >= 0.6 is 11.6 Å². The number of benzene rings is 1. The molecule has 0 amide bonds. The van der Waals surface area contributed by atoms with Gasteiger partial charge in [-0.25, -0.2) is 0 Å². The molecule has 2 atom stereocenters. The summed E-state index contributed by atoms with van der Waals surface area (Å²) in [4.78, 5) is 2.20. The highest BCUT2D eigenvalue weighted by molar-refractivity contribution is 6.33. The van der Waals surface area contributed by atoms with Crippen molar-refractivity contribution in [2.75, 3.05) is 11.9 Å². The smallest absolute Gasteiger partial charge is 0.0642 e. The standard InChI is InChI=1S/C13H21ClN2/c1-5-9(2)16(4)13-7-6-11(10(3)15)8-12(13)14/h6-10H,5,15H2,1-4H3/t9?,10-/m1/s1. The molecular formula is C13H21ClN2. The lowest BCUT2D eigenvalue weighted by molar-refractivity contribution is 0.663. The average molecular weight is 241 g/mol. The summed E-state index contributed by atoms with van der Waals surface area (Å²) < 4.78 is 0. The molecule has 0 saturated carbocycles. The molecule has 1 aromatic rings. The van der Waals surface area contributed by atoms with Gasteiger partial charge in [-0.15, -0.1) is 0 Å². The molecule has 0 fully saturated rings. The van der Waals surface area contributed by atoms with Gasteiger partial charge in [0.05, 0.1) is 10.7 Å². The Morgan fingerprint density at radius 2 is 2.00 bits per heavy atom. The van der Waals surface area contributed by atoms with E-state index in [2.05, 4.69) is 25.8 Å². The third-order valence-electron chi connectivity index (χ3n) is 3.13. The number of anilines is 1. The van der Waals surface area contributed by atoms with Gasteiger partial charge >= 0.3 is 0 Å². The Morgan fingerprint density at radius 3 is 2.44 bits per heavy atom. The maximum atomic E-state index is 6.27. The zero-order valence-corrected chi connectivity index (χ0v) is 11.3. The van der Waals surface area contributed by atoms with Crippen molar-refractivity contribution in [1.29, 1.82) is 0 Å². The minimum Gasteiger partial charge on any atom is -0.371 e. The van der Waals surface area contributed by atoms with E-state index >= 15 is 0 Å². The van der Waals surface area contributed by atoms with Crippen LogP contribution in [-0.2, 0) is 0 Å². The van der Waals surface area contributed by atoms with Crippen molar-refractivity contribution < 1.29 is 0 Å². The Hall–Kier alpha value is -0.730. The summed E-state index contributed by atoms with van der Waals surface area (Å²) in [6, 6.07) is 6.57. The topological polar surface area (TPSA) is 29.3 Å².